The van der Waals surface area contributed by atoms with Gasteiger partial charge in [0.15, 0.2) is 0 Å². The van der Waals surface area contributed by atoms with E-state index in [0.29, 0.717) is 19.5 Å². The number of amides is 1. The summed E-state index contributed by atoms with van der Waals surface area (Å²) in [6, 6.07) is 0. The van der Waals surface area contributed by atoms with Gasteiger partial charge in [-0.25, -0.2) is 0 Å². The lowest BCUT2D eigenvalue weighted by atomic mass is 10.2. The Morgan fingerprint density at radius 2 is 2.35 bits per heavy atom. The van der Waals surface area contributed by atoms with Crippen molar-refractivity contribution in [2.75, 3.05) is 13.1 Å². The summed E-state index contributed by atoms with van der Waals surface area (Å²) >= 11 is 0. The average Bonchev–Trinajstić information content (AvgIpc) is 2.74. The number of nitrogens with two attached hydrogens (primary N) is 1. The number of hydrogen-bond acceptors (Lipinski definition) is 4. The van der Waals surface area contributed by atoms with Crippen molar-refractivity contribution in [3.63, 3.8) is 0 Å². The normalized spacial score (nSPS) is 10.8. The zero-order valence-electron chi connectivity index (χ0n) is 10.5. The molecule has 0 radical (unpaired) electrons. The smallest absolute Gasteiger partial charge is 0.222 e. The summed E-state index contributed by atoms with van der Waals surface area (Å²) in [6.07, 6.45) is 3.51. The van der Waals surface area contributed by atoms with Crippen molar-refractivity contribution in [2.24, 2.45) is 11.7 Å². The Morgan fingerprint density at radius 3 is 3.00 bits per heavy atom. The highest BCUT2D eigenvalue weighted by molar-refractivity contribution is 5.77. The molecule has 0 bridgehead atoms. The number of carbonyl (C=O) groups is 1. The zero-order chi connectivity index (χ0) is 12.7. The largest absolute Gasteiger partial charge is 0.355 e. The number of carbonyl (C=O) groups excluding carboxylic acids is 1. The van der Waals surface area contributed by atoms with Gasteiger partial charge in [0.2, 0.25) is 5.91 Å². The maximum Gasteiger partial charge on any atom is 0.222 e. The van der Waals surface area contributed by atoms with Gasteiger partial charge in [-0.15, -0.1) is 5.10 Å². The van der Waals surface area contributed by atoms with Gasteiger partial charge < -0.3 is 11.1 Å². The lowest BCUT2D eigenvalue weighted by molar-refractivity contribution is -0.123. The van der Waals surface area contributed by atoms with Gasteiger partial charge in [-0.1, -0.05) is 19.1 Å². The SMILES string of the molecule is CC(C)C(=O)NCCc1cn(CCCN)nn1. The minimum Gasteiger partial charge on any atom is -0.355 e. The van der Waals surface area contributed by atoms with E-state index in [1.54, 1.807) is 4.68 Å². The Morgan fingerprint density at radius 1 is 1.59 bits per heavy atom. The Hall–Kier alpha value is -1.43. The summed E-state index contributed by atoms with van der Waals surface area (Å²) in [6.45, 7) is 5.80. The van der Waals surface area contributed by atoms with Crippen molar-refractivity contribution in [3.8, 4) is 0 Å². The minimum atomic E-state index is 0.0234. The van der Waals surface area contributed by atoms with Crippen LogP contribution in [0, 0.1) is 5.92 Å². The second-order valence-corrected chi connectivity index (χ2v) is 4.31. The minimum absolute atomic E-state index is 0.0234. The van der Waals surface area contributed by atoms with E-state index < -0.39 is 0 Å². The predicted molar refractivity (Wildman–Crippen MR) is 65.2 cm³/mol. The van der Waals surface area contributed by atoms with Crippen LogP contribution in [0.2, 0.25) is 0 Å². The lowest BCUT2D eigenvalue weighted by Gasteiger charge is -2.05. The summed E-state index contributed by atoms with van der Waals surface area (Å²) in [5.74, 6) is 0.0933. The molecule has 6 nitrogen and oxygen atoms in total. The van der Waals surface area contributed by atoms with Gasteiger partial charge >= 0.3 is 0 Å². The number of nitrogens with one attached hydrogen (secondary N) is 1. The Labute approximate surface area is 102 Å². The first-order valence-electron chi connectivity index (χ1n) is 6.00. The topological polar surface area (TPSA) is 85.8 Å². The summed E-state index contributed by atoms with van der Waals surface area (Å²) in [7, 11) is 0. The molecule has 1 aromatic rings. The highest BCUT2D eigenvalue weighted by atomic mass is 16.1. The van der Waals surface area contributed by atoms with Crippen molar-refractivity contribution in [1.29, 1.82) is 0 Å². The highest BCUT2D eigenvalue weighted by Gasteiger charge is 2.06. The van der Waals surface area contributed by atoms with E-state index in [-0.39, 0.29) is 11.8 Å². The molecule has 0 aromatic carbocycles. The molecule has 6 heteroatoms. The van der Waals surface area contributed by atoms with Crippen LogP contribution in [0.4, 0.5) is 0 Å². The molecule has 0 aliphatic heterocycles. The van der Waals surface area contributed by atoms with Gasteiger partial charge in [0.25, 0.3) is 0 Å². The quantitative estimate of drug-likeness (QED) is 0.698. The molecule has 1 heterocycles. The monoisotopic (exact) mass is 239 g/mol. The molecule has 0 spiro atoms. The number of aryl methyl sites for hydroxylation is 1. The molecule has 0 aliphatic rings. The van der Waals surface area contributed by atoms with Gasteiger partial charge in [-0.05, 0) is 13.0 Å². The molecule has 0 saturated heterocycles. The fraction of sp³-hybridized carbons (Fsp3) is 0.727. The third-order valence-corrected chi connectivity index (χ3v) is 2.38. The summed E-state index contributed by atoms with van der Waals surface area (Å²) in [4.78, 5) is 11.3. The average molecular weight is 239 g/mol. The van der Waals surface area contributed by atoms with Crippen molar-refractivity contribution in [3.05, 3.63) is 11.9 Å². The van der Waals surface area contributed by atoms with Crippen LogP contribution in [0.3, 0.4) is 0 Å². The van der Waals surface area contributed by atoms with E-state index in [1.165, 1.54) is 0 Å². The van der Waals surface area contributed by atoms with E-state index in [1.807, 2.05) is 20.0 Å². The molecule has 17 heavy (non-hydrogen) atoms. The third-order valence-electron chi connectivity index (χ3n) is 2.38. The lowest BCUT2D eigenvalue weighted by Crippen LogP contribution is -2.29. The first-order valence-corrected chi connectivity index (χ1v) is 6.00. The second-order valence-electron chi connectivity index (χ2n) is 4.31. The molecule has 0 unspecified atom stereocenters. The third kappa shape index (κ3) is 4.95. The Kier molecular flexibility index (Phi) is 5.62. The zero-order valence-corrected chi connectivity index (χ0v) is 10.5. The van der Waals surface area contributed by atoms with Gasteiger partial charge in [0.1, 0.15) is 0 Å². The number of hydrogen-bond donors (Lipinski definition) is 2. The maximum absolute atomic E-state index is 11.3. The molecule has 96 valence electrons. The van der Waals surface area contributed by atoms with E-state index in [2.05, 4.69) is 15.6 Å². The molecule has 1 amide bonds. The first-order chi connectivity index (χ1) is 8.13. The molecule has 1 aromatic heterocycles. The van der Waals surface area contributed by atoms with Gasteiger partial charge in [0.05, 0.1) is 5.69 Å². The van der Waals surface area contributed by atoms with Crippen molar-refractivity contribution in [2.45, 2.75) is 33.2 Å². The van der Waals surface area contributed by atoms with E-state index >= 15 is 0 Å². The Bertz CT molecular complexity index is 347. The molecule has 3 N–H and O–H groups in total. The van der Waals surface area contributed by atoms with E-state index in [4.69, 9.17) is 5.73 Å². The van der Waals surface area contributed by atoms with E-state index in [0.717, 1.165) is 18.7 Å². The van der Waals surface area contributed by atoms with Crippen LogP contribution in [0.5, 0.6) is 0 Å². The predicted octanol–water partition coefficient (Wildman–Crippen LogP) is -0.0584. The number of aromatic nitrogens is 3. The standard InChI is InChI=1S/C11H21N5O/c1-9(2)11(17)13-6-4-10-8-16(15-14-10)7-3-5-12/h8-9H,3-7,12H2,1-2H3,(H,13,17). The number of nitrogens with zero attached hydrogens (tertiary/aromatic N) is 3. The summed E-state index contributed by atoms with van der Waals surface area (Å²) in [5, 5.41) is 10.9. The van der Waals surface area contributed by atoms with Gasteiger partial charge in [-0.3, -0.25) is 9.48 Å². The molecule has 0 aliphatic carbocycles. The maximum atomic E-state index is 11.3. The van der Waals surface area contributed by atoms with Gasteiger partial charge in [0, 0.05) is 31.6 Å². The molecular weight excluding hydrogens is 218 g/mol. The molecule has 0 fully saturated rings. The Balaban J connectivity index is 2.27. The van der Waals surface area contributed by atoms with Crippen molar-refractivity contribution < 1.29 is 4.79 Å². The highest BCUT2D eigenvalue weighted by Crippen LogP contribution is 1.96. The van der Waals surface area contributed by atoms with Crippen molar-refractivity contribution >= 4 is 5.91 Å². The fourth-order valence-corrected chi connectivity index (χ4v) is 1.33. The van der Waals surface area contributed by atoms with Crippen LogP contribution in [-0.4, -0.2) is 34.0 Å². The molecule has 0 atom stereocenters. The second kappa shape index (κ2) is 7.01. The van der Waals surface area contributed by atoms with Crippen LogP contribution in [-0.2, 0) is 17.8 Å². The van der Waals surface area contributed by atoms with Crippen LogP contribution >= 0.6 is 0 Å². The fourth-order valence-electron chi connectivity index (χ4n) is 1.33. The number of rotatable bonds is 7. The van der Waals surface area contributed by atoms with Crippen LogP contribution in [0.1, 0.15) is 26.0 Å². The molecular formula is C11H21N5O. The molecule has 1 rings (SSSR count). The van der Waals surface area contributed by atoms with Crippen molar-refractivity contribution in [1.82, 2.24) is 20.3 Å². The first kappa shape index (κ1) is 13.6. The van der Waals surface area contributed by atoms with E-state index in [9.17, 15) is 4.79 Å². The van der Waals surface area contributed by atoms with Crippen LogP contribution < -0.4 is 11.1 Å². The van der Waals surface area contributed by atoms with Crippen LogP contribution in [0.25, 0.3) is 0 Å². The molecule has 0 saturated carbocycles. The summed E-state index contributed by atoms with van der Waals surface area (Å²) in [5.41, 5.74) is 6.31. The summed E-state index contributed by atoms with van der Waals surface area (Å²) < 4.78 is 1.78. The van der Waals surface area contributed by atoms with Gasteiger partial charge in [-0.2, -0.15) is 0 Å². The van der Waals surface area contributed by atoms with Crippen LogP contribution in [0.15, 0.2) is 6.20 Å².